The molecule has 2 heterocycles. The molecule has 4 heteroatoms. The SMILES string of the molecule is CC(C)CNCc1cnc(C2CCOCC2)[nH]1. The first-order chi connectivity index (χ1) is 8.25. The first-order valence-corrected chi connectivity index (χ1v) is 6.58. The molecule has 0 aliphatic carbocycles. The molecule has 96 valence electrons. The van der Waals surface area contributed by atoms with Crippen molar-refractivity contribution < 1.29 is 4.74 Å². The fraction of sp³-hybridized carbons (Fsp3) is 0.769. The van der Waals surface area contributed by atoms with E-state index in [0.29, 0.717) is 11.8 Å². The van der Waals surface area contributed by atoms with Crippen LogP contribution < -0.4 is 5.32 Å². The summed E-state index contributed by atoms with van der Waals surface area (Å²) < 4.78 is 5.37. The fourth-order valence-electron chi connectivity index (χ4n) is 2.14. The van der Waals surface area contributed by atoms with Crippen molar-refractivity contribution in [2.75, 3.05) is 19.8 Å². The van der Waals surface area contributed by atoms with E-state index in [0.717, 1.165) is 45.0 Å². The number of aromatic amines is 1. The number of H-pyrrole nitrogens is 1. The van der Waals surface area contributed by atoms with Crippen molar-refractivity contribution in [1.29, 1.82) is 0 Å². The normalized spacial score (nSPS) is 17.8. The van der Waals surface area contributed by atoms with Gasteiger partial charge in [-0.3, -0.25) is 0 Å². The monoisotopic (exact) mass is 237 g/mol. The van der Waals surface area contributed by atoms with E-state index in [-0.39, 0.29) is 0 Å². The maximum atomic E-state index is 5.37. The molecule has 1 aliphatic rings. The van der Waals surface area contributed by atoms with Crippen molar-refractivity contribution in [3.05, 3.63) is 17.7 Å². The summed E-state index contributed by atoms with van der Waals surface area (Å²) >= 11 is 0. The van der Waals surface area contributed by atoms with Crippen LogP contribution in [-0.4, -0.2) is 29.7 Å². The molecule has 0 saturated carbocycles. The average Bonchev–Trinajstić information content (AvgIpc) is 2.78. The van der Waals surface area contributed by atoms with Crippen LogP contribution in [0.4, 0.5) is 0 Å². The molecule has 4 nitrogen and oxygen atoms in total. The number of ether oxygens (including phenoxy) is 1. The van der Waals surface area contributed by atoms with Crippen LogP contribution in [0.3, 0.4) is 0 Å². The molecule has 1 saturated heterocycles. The predicted molar refractivity (Wildman–Crippen MR) is 67.9 cm³/mol. The van der Waals surface area contributed by atoms with Gasteiger partial charge < -0.3 is 15.0 Å². The highest BCUT2D eigenvalue weighted by molar-refractivity contribution is 5.06. The minimum Gasteiger partial charge on any atom is -0.381 e. The van der Waals surface area contributed by atoms with E-state index in [1.165, 1.54) is 5.69 Å². The summed E-state index contributed by atoms with van der Waals surface area (Å²) in [5.74, 6) is 2.38. The summed E-state index contributed by atoms with van der Waals surface area (Å²) in [4.78, 5) is 7.91. The number of hydrogen-bond donors (Lipinski definition) is 2. The fourth-order valence-corrected chi connectivity index (χ4v) is 2.14. The van der Waals surface area contributed by atoms with Crippen molar-refractivity contribution in [3.63, 3.8) is 0 Å². The van der Waals surface area contributed by atoms with E-state index in [1.807, 2.05) is 6.20 Å². The summed E-state index contributed by atoms with van der Waals surface area (Å²) in [7, 11) is 0. The standard InChI is InChI=1S/C13H23N3O/c1-10(2)7-14-8-12-9-15-13(16-12)11-3-5-17-6-4-11/h9-11,14H,3-8H2,1-2H3,(H,15,16). The highest BCUT2D eigenvalue weighted by atomic mass is 16.5. The molecule has 0 spiro atoms. The summed E-state index contributed by atoms with van der Waals surface area (Å²) in [6.07, 6.45) is 4.14. The smallest absolute Gasteiger partial charge is 0.109 e. The predicted octanol–water partition coefficient (Wildman–Crippen LogP) is 2.05. The van der Waals surface area contributed by atoms with Crippen LogP contribution >= 0.6 is 0 Å². The number of imidazole rings is 1. The number of nitrogens with one attached hydrogen (secondary N) is 2. The van der Waals surface area contributed by atoms with E-state index in [2.05, 4.69) is 29.1 Å². The van der Waals surface area contributed by atoms with E-state index in [4.69, 9.17) is 4.74 Å². The van der Waals surface area contributed by atoms with Crippen LogP contribution in [0.2, 0.25) is 0 Å². The van der Waals surface area contributed by atoms with Gasteiger partial charge >= 0.3 is 0 Å². The van der Waals surface area contributed by atoms with Crippen LogP contribution in [0.25, 0.3) is 0 Å². The third-order valence-electron chi connectivity index (χ3n) is 3.12. The second-order valence-electron chi connectivity index (χ2n) is 5.21. The molecular weight excluding hydrogens is 214 g/mol. The highest BCUT2D eigenvalue weighted by Gasteiger charge is 2.18. The van der Waals surface area contributed by atoms with Crippen LogP contribution in [0, 0.1) is 5.92 Å². The molecule has 0 atom stereocenters. The zero-order valence-electron chi connectivity index (χ0n) is 10.8. The van der Waals surface area contributed by atoms with E-state index in [1.54, 1.807) is 0 Å². The van der Waals surface area contributed by atoms with E-state index in [9.17, 15) is 0 Å². The number of aromatic nitrogens is 2. The molecule has 2 rings (SSSR count). The molecule has 0 radical (unpaired) electrons. The second kappa shape index (κ2) is 6.17. The summed E-state index contributed by atoms with van der Waals surface area (Å²) in [5, 5.41) is 3.42. The molecule has 17 heavy (non-hydrogen) atoms. The Hall–Kier alpha value is -0.870. The Labute approximate surface area is 103 Å². The Morgan fingerprint density at radius 1 is 1.47 bits per heavy atom. The van der Waals surface area contributed by atoms with E-state index < -0.39 is 0 Å². The van der Waals surface area contributed by atoms with Crippen LogP contribution in [0.5, 0.6) is 0 Å². The van der Waals surface area contributed by atoms with Gasteiger partial charge in [0.25, 0.3) is 0 Å². The van der Waals surface area contributed by atoms with Crippen molar-refractivity contribution >= 4 is 0 Å². The maximum Gasteiger partial charge on any atom is 0.109 e. The lowest BCUT2D eigenvalue weighted by atomic mass is 10.00. The zero-order valence-corrected chi connectivity index (χ0v) is 10.8. The summed E-state index contributed by atoms with van der Waals surface area (Å²) in [6, 6.07) is 0. The number of rotatable bonds is 5. The van der Waals surface area contributed by atoms with Crippen molar-refractivity contribution in [3.8, 4) is 0 Å². The lowest BCUT2D eigenvalue weighted by Crippen LogP contribution is -2.19. The van der Waals surface area contributed by atoms with Crippen molar-refractivity contribution in [2.24, 2.45) is 5.92 Å². The van der Waals surface area contributed by atoms with Crippen molar-refractivity contribution in [2.45, 2.75) is 39.2 Å². The molecule has 0 unspecified atom stereocenters. The average molecular weight is 237 g/mol. The first-order valence-electron chi connectivity index (χ1n) is 6.58. The third-order valence-corrected chi connectivity index (χ3v) is 3.12. The lowest BCUT2D eigenvalue weighted by Gasteiger charge is -2.19. The lowest BCUT2D eigenvalue weighted by molar-refractivity contribution is 0.0837. The van der Waals surface area contributed by atoms with Crippen LogP contribution in [0.15, 0.2) is 6.20 Å². The van der Waals surface area contributed by atoms with Gasteiger partial charge in [-0.05, 0) is 25.3 Å². The van der Waals surface area contributed by atoms with Gasteiger partial charge in [0.1, 0.15) is 5.82 Å². The van der Waals surface area contributed by atoms with Gasteiger partial charge in [-0.1, -0.05) is 13.8 Å². The van der Waals surface area contributed by atoms with Crippen molar-refractivity contribution in [1.82, 2.24) is 15.3 Å². The molecule has 1 fully saturated rings. The quantitative estimate of drug-likeness (QED) is 0.824. The molecule has 0 aromatic carbocycles. The summed E-state index contributed by atoms with van der Waals surface area (Å²) in [5.41, 5.74) is 1.19. The minimum absolute atomic E-state index is 0.558. The third kappa shape index (κ3) is 3.82. The Morgan fingerprint density at radius 2 is 2.24 bits per heavy atom. The molecule has 0 bridgehead atoms. The molecule has 1 aromatic rings. The topological polar surface area (TPSA) is 49.9 Å². The van der Waals surface area contributed by atoms with Gasteiger partial charge in [0.15, 0.2) is 0 Å². The maximum absolute atomic E-state index is 5.37. The number of hydrogen-bond acceptors (Lipinski definition) is 3. The Kier molecular flexibility index (Phi) is 4.57. The summed E-state index contributed by atoms with van der Waals surface area (Å²) in [6.45, 7) is 8.10. The molecular formula is C13H23N3O. The zero-order chi connectivity index (χ0) is 12.1. The first kappa shape index (κ1) is 12.6. The molecule has 1 aliphatic heterocycles. The van der Waals surface area contributed by atoms with Crippen LogP contribution in [-0.2, 0) is 11.3 Å². The minimum atomic E-state index is 0.558. The molecule has 1 aromatic heterocycles. The number of nitrogens with zero attached hydrogens (tertiary/aromatic N) is 1. The molecule has 2 N–H and O–H groups in total. The Bertz CT molecular complexity index is 329. The van der Waals surface area contributed by atoms with Gasteiger partial charge in [0, 0.05) is 37.6 Å². The Morgan fingerprint density at radius 3 is 2.94 bits per heavy atom. The van der Waals surface area contributed by atoms with Crippen LogP contribution in [0.1, 0.15) is 44.1 Å². The van der Waals surface area contributed by atoms with Gasteiger partial charge in [-0.15, -0.1) is 0 Å². The molecule has 0 amide bonds. The van der Waals surface area contributed by atoms with E-state index >= 15 is 0 Å². The van der Waals surface area contributed by atoms with Gasteiger partial charge in [0.2, 0.25) is 0 Å². The van der Waals surface area contributed by atoms with Gasteiger partial charge in [-0.2, -0.15) is 0 Å². The van der Waals surface area contributed by atoms with Gasteiger partial charge in [0.05, 0.1) is 0 Å². The van der Waals surface area contributed by atoms with Gasteiger partial charge in [-0.25, -0.2) is 4.98 Å². The second-order valence-corrected chi connectivity index (χ2v) is 5.21. The Balaban J connectivity index is 1.82. The highest BCUT2D eigenvalue weighted by Crippen LogP contribution is 2.24. The largest absolute Gasteiger partial charge is 0.381 e.